The first-order valence-corrected chi connectivity index (χ1v) is 8.37. The van der Waals surface area contributed by atoms with E-state index in [-0.39, 0.29) is 5.91 Å². The average molecular weight is 372 g/mol. The average Bonchev–Trinajstić information content (AvgIpc) is 3.03. The lowest BCUT2D eigenvalue weighted by atomic mass is 10.2. The molecule has 126 valence electrons. The van der Waals surface area contributed by atoms with E-state index in [0.717, 1.165) is 11.1 Å². The van der Waals surface area contributed by atoms with Gasteiger partial charge in [-0.05, 0) is 35.4 Å². The molecule has 0 fully saturated rings. The van der Waals surface area contributed by atoms with Gasteiger partial charge in [-0.1, -0.05) is 53.5 Å². The highest BCUT2D eigenvalue weighted by molar-refractivity contribution is 6.32. The topological polar surface area (TPSA) is 46.9 Å². The van der Waals surface area contributed by atoms with Gasteiger partial charge in [-0.2, -0.15) is 5.10 Å². The highest BCUT2D eigenvalue weighted by atomic mass is 35.5. The summed E-state index contributed by atoms with van der Waals surface area (Å²) in [6.45, 7) is 0.600. The van der Waals surface area contributed by atoms with Crippen LogP contribution in [0.15, 0.2) is 66.9 Å². The second-order valence-corrected chi connectivity index (χ2v) is 6.21. The number of hydrogen-bond acceptors (Lipinski definition) is 2. The van der Waals surface area contributed by atoms with Gasteiger partial charge in [0.05, 0.1) is 6.54 Å². The van der Waals surface area contributed by atoms with Crippen molar-refractivity contribution < 1.29 is 4.79 Å². The molecule has 3 aromatic rings. The molecule has 0 aliphatic carbocycles. The summed E-state index contributed by atoms with van der Waals surface area (Å²) in [4.78, 5) is 12.0. The van der Waals surface area contributed by atoms with Gasteiger partial charge >= 0.3 is 0 Å². The number of carbonyl (C=O) groups is 1. The largest absolute Gasteiger partial charge is 0.306 e. The molecule has 6 heteroatoms. The van der Waals surface area contributed by atoms with Crippen molar-refractivity contribution in [3.05, 3.63) is 88.0 Å². The third-order valence-corrected chi connectivity index (χ3v) is 4.07. The Bertz CT molecular complexity index is 901. The minimum Gasteiger partial charge on any atom is -0.306 e. The van der Waals surface area contributed by atoms with Crippen LogP contribution in [0.25, 0.3) is 6.08 Å². The molecule has 0 saturated heterocycles. The molecule has 0 spiro atoms. The van der Waals surface area contributed by atoms with Crippen molar-refractivity contribution in [3.63, 3.8) is 0 Å². The quantitative estimate of drug-likeness (QED) is 0.649. The monoisotopic (exact) mass is 371 g/mol. The molecule has 0 unspecified atom stereocenters. The fraction of sp³-hybridized carbons (Fsp3) is 0.0526. The Kier molecular flexibility index (Phi) is 5.53. The predicted molar refractivity (Wildman–Crippen MR) is 102 cm³/mol. The maximum atomic E-state index is 12.0. The number of carbonyl (C=O) groups excluding carboxylic acids is 1. The molecule has 0 bridgehead atoms. The first-order valence-electron chi connectivity index (χ1n) is 7.62. The molecular weight excluding hydrogens is 357 g/mol. The van der Waals surface area contributed by atoms with Crippen LogP contribution in [0.2, 0.25) is 10.0 Å². The number of rotatable bonds is 5. The van der Waals surface area contributed by atoms with Crippen molar-refractivity contribution in [2.75, 3.05) is 5.32 Å². The fourth-order valence-corrected chi connectivity index (χ4v) is 2.56. The molecule has 2 aromatic carbocycles. The van der Waals surface area contributed by atoms with Crippen LogP contribution in [-0.2, 0) is 11.3 Å². The summed E-state index contributed by atoms with van der Waals surface area (Å²) in [6, 6.07) is 16.6. The Hall–Kier alpha value is -2.56. The third-order valence-electron chi connectivity index (χ3n) is 3.47. The molecule has 0 saturated carbocycles. The summed E-state index contributed by atoms with van der Waals surface area (Å²) in [7, 11) is 0. The summed E-state index contributed by atoms with van der Waals surface area (Å²) in [5.74, 6) is 0.222. The van der Waals surface area contributed by atoms with Crippen molar-refractivity contribution in [2.24, 2.45) is 0 Å². The van der Waals surface area contributed by atoms with Crippen LogP contribution in [0.5, 0.6) is 0 Å². The Morgan fingerprint density at radius 3 is 2.60 bits per heavy atom. The molecule has 3 rings (SSSR count). The number of anilines is 1. The molecule has 0 atom stereocenters. The molecule has 1 aromatic heterocycles. The van der Waals surface area contributed by atoms with Crippen molar-refractivity contribution in [1.29, 1.82) is 0 Å². The van der Waals surface area contributed by atoms with Gasteiger partial charge in [0.15, 0.2) is 5.82 Å². The Labute approximate surface area is 155 Å². The van der Waals surface area contributed by atoms with E-state index in [1.54, 1.807) is 22.9 Å². The number of nitrogens with one attached hydrogen (secondary N) is 1. The molecule has 0 aliphatic rings. The van der Waals surface area contributed by atoms with Gasteiger partial charge in [0, 0.05) is 28.4 Å². The zero-order chi connectivity index (χ0) is 17.6. The first kappa shape index (κ1) is 17.3. The highest BCUT2D eigenvalue weighted by Gasteiger charge is 2.03. The number of halogens is 2. The van der Waals surface area contributed by atoms with Gasteiger partial charge in [0.2, 0.25) is 5.91 Å². The minimum absolute atomic E-state index is 0.267. The fourth-order valence-electron chi connectivity index (χ4n) is 2.24. The first-order chi connectivity index (χ1) is 12.1. The number of aromatic nitrogens is 2. The number of amides is 1. The SMILES string of the molecule is O=C(/C=C/c1ccccc1Cl)Nc1ccn(Cc2ccc(Cl)cc2)n1. The van der Waals surface area contributed by atoms with Gasteiger partial charge in [0.1, 0.15) is 0 Å². The number of hydrogen-bond donors (Lipinski definition) is 1. The Morgan fingerprint density at radius 2 is 1.84 bits per heavy atom. The number of benzene rings is 2. The summed E-state index contributed by atoms with van der Waals surface area (Å²) in [5.41, 5.74) is 1.86. The van der Waals surface area contributed by atoms with Crippen LogP contribution >= 0.6 is 23.2 Å². The van der Waals surface area contributed by atoms with E-state index in [0.29, 0.717) is 22.4 Å². The molecule has 1 heterocycles. The normalized spacial score (nSPS) is 11.0. The van der Waals surface area contributed by atoms with Crippen LogP contribution in [0.1, 0.15) is 11.1 Å². The lowest BCUT2D eigenvalue weighted by molar-refractivity contribution is -0.111. The van der Waals surface area contributed by atoms with Crippen LogP contribution in [0, 0.1) is 0 Å². The molecule has 1 N–H and O–H groups in total. The van der Waals surface area contributed by atoms with E-state index in [2.05, 4.69) is 10.4 Å². The van der Waals surface area contributed by atoms with Crippen molar-refractivity contribution in [1.82, 2.24) is 9.78 Å². The highest BCUT2D eigenvalue weighted by Crippen LogP contribution is 2.16. The van der Waals surface area contributed by atoms with Gasteiger partial charge in [-0.15, -0.1) is 0 Å². The van der Waals surface area contributed by atoms with E-state index < -0.39 is 0 Å². The van der Waals surface area contributed by atoms with Gasteiger partial charge < -0.3 is 5.32 Å². The molecule has 1 amide bonds. The molecular formula is C19H15Cl2N3O. The standard InChI is InChI=1S/C19H15Cl2N3O/c20-16-8-5-14(6-9-16)13-24-12-11-18(23-24)22-19(25)10-7-15-3-1-2-4-17(15)21/h1-12H,13H2,(H,22,23,25)/b10-7+. The lowest BCUT2D eigenvalue weighted by Gasteiger charge is -2.02. The van der Waals surface area contributed by atoms with Crippen LogP contribution in [-0.4, -0.2) is 15.7 Å². The maximum Gasteiger partial charge on any atom is 0.249 e. The number of nitrogens with zero attached hydrogens (tertiary/aromatic N) is 2. The Balaban J connectivity index is 1.60. The van der Waals surface area contributed by atoms with Crippen LogP contribution < -0.4 is 5.32 Å². The van der Waals surface area contributed by atoms with Crippen LogP contribution in [0.4, 0.5) is 5.82 Å². The second-order valence-electron chi connectivity index (χ2n) is 5.37. The van der Waals surface area contributed by atoms with E-state index in [4.69, 9.17) is 23.2 Å². The van der Waals surface area contributed by atoms with Crippen molar-refractivity contribution in [3.8, 4) is 0 Å². The summed E-state index contributed by atoms with van der Waals surface area (Å²) < 4.78 is 1.75. The van der Waals surface area contributed by atoms with Gasteiger partial charge in [-0.25, -0.2) is 0 Å². The Morgan fingerprint density at radius 1 is 1.08 bits per heavy atom. The lowest BCUT2D eigenvalue weighted by Crippen LogP contribution is -2.09. The predicted octanol–water partition coefficient (Wildman–Crippen LogP) is 4.89. The van der Waals surface area contributed by atoms with Crippen molar-refractivity contribution in [2.45, 2.75) is 6.54 Å². The minimum atomic E-state index is -0.267. The second kappa shape index (κ2) is 8.01. The van der Waals surface area contributed by atoms with E-state index >= 15 is 0 Å². The van der Waals surface area contributed by atoms with Gasteiger partial charge in [-0.3, -0.25) is 9.48 Å². The summed E-state index contributed by atoms with van der Waals surface area (Å²) >= 11 is 11.9. The third kappa shape index (κ3) is 4.95. The molecule has 4 nitrogen and oxygen atoms in total. The zero-order valence-electron chi connectivity index (χ0n) is 13.2. The van der Waals surface area contributed by atoms with Crippen molar-refractivity contribution >= 4 is 41.0 Å². The van der Waals surface area contributed by atoms with E-state index in [1.165, 1.54) is 6.08 Å². The smallest absolute Gasteiger partial charge is 0.249 e. The van der Waals surface area contributed by atoms with Gasteiger partial charge in [0.25, 0.3) is 0 Å². The summed E-state index contributed by atoms with van der Waals surface area (Å²) in [5, 5.41) is 8.35. The van der Waals surface area contributed by atoms with E-state index in [9.17, 15) is 4.79 Å². The molecule has 0 aliphatic heterocycles. The zero-order valence-corrected chi connectivity index (χ0v) is 14.7. The van der Waals surface area contributed by atoms with E-state index in [1.807, 2.05) is 48.7 Å². The summed E-state index contributed by atoms with van der Waals surface area (Å²) in [6.07, 6.45) is 4.91. The van der Waals surface area contributed by atoms with Crippen LogP contribution in [0.3, 0.4) is 0 Å². The molecule has 25 heavy (non-hydrogen) atoms. The molecule has 0 radical (unpaired) electrons. The maximum absolute atomic E-state index is 12.0.